The molecule has 3 atom stereocenters. The van der Waals surface area contributed by atoms with Crippen LogP contribution in [0.1, 0.15) is 24.8 Å². The van der Waals surface area contributed by atoms with Crippen LogP contribution in [0.2, 0.25) is 0 Å². The molecule has 0 aromatic heterocycles. The third kappa shape index (κ3) is 3.04. The molecule has 3 unspecified atom stereocenters. The molecule has 2 heterocycles. The Balaban J connectivity index is 1.66. The van der Waals surface area contributed by atoms with Gasteiger partial charge in [-0.15, -0.1) is 0 Å². The number of hydrazine groups is 1. The quantitative estimate of drug-likeness (QED) is 0.648. The maximum atomic E-state index is 6.01. The Labute approximate surface area is 120 Å². The Kier molecular flexibility index (Phi) is 4.36. The minimum absolute atomic E-state index is 0.0469. The summed E-state index contributed by atoms with van der Waals surface area (Å²) in [6.07, 6.45) is 4.11. The van der Waals surface area contributed by atoms with Crippen LogP contribution in [-0.4, -0.2) is 31.5 Å². The van der Waals surface area contributed by atoms with Gasteiger partial charge in [-0.2, -0.15) is 0 Å². The van der Waals surface area contributed by atoms with Gasteiger partial charge < -0.3 is 9.47 Å². The highest BCUT2D eigenvalue weighted by Crippen LogP contribution is 2.37. The molecule has 3 rings (SSSR count). The minimum atomic E-state index is -0.0469. The number of ether oxygens (including phenoxy) is 2. The van der Waals surface area contributed by atoms with E-state index in [0.717, 1.165) is 45.5 Å². The molecule has 2 aliphatic rings. The number of hydrogen-bond acceptors (Lipinski definition) is 4. The van der Waals surface area contributed by atoms with Gasteiger partial charge in [0, 0.05) is 25.7 Å². The van der Waals surface area contributed by atoms with Crippen molar-refractivity contribution < 1.29 is 9.47 Å². The molecule has 0 aliphatic carbocycles. The summed E-state index contributed by atoms with van der Waals surface area (Å²) in [7, 11) is 0. The molecule has 20 heavy (non-hydrogen) atoms. The topological polar surface area (TPSA) is 56.5 Å². The van der Waals surface area contributed by atoms with E-state index < -0.39 is 0 Å². The Morgan fingerprint density at radius 2 is 2.15 bits per heavy atom. The molecule has 0 bridgehead atoms. The van der Waals surface area contributed by atoms with Crippen LogP contribution < -0.4 is 11.3 Å². The molecule has 3 N–H and O–H groups in total. The van der Waals surface area contributed by atoms with Crippen molar-refractivity contribution in [2.75, 3.05) is 19.8 Å². The molecule has 2 saturated heterocycles. The highest BCUT2D eigenvalue weighted by atomic mass is 16.6. The van der Waals surface area contributed by atoms with E-state index in [1.54, 1.807) is 0 Å². The normalized spacial score (nSPS) is 31.6. The molecule has 4 nitrogen and oxygen atoms in total. The Hall–Kier alpha value is -0.940. The fourth-order valence-corrected chi connectivity index (χ4v) is 3.50. The van der Waals surface area contributed by atoms with Crippen LogP contribution in [0.25, 0.3) is 0 Å². The maximum Gasteiger partial charge on any atom is 0.0939 e. The van der Waals surface area contributed by atoms with Crippen molar-refractivity contribution in [3.05, 3.63) is 35.9 Å². The van der Waals surface area contributed by atoms with E-state index in [1.165, 1.54) is 5.56 Å². The van der Waals surface area contributed by atoms with Gasteiger partial charge in [0.1, 0.15) is 0 Å². The Bertz CT molecular complexity index is 418. The van der Waals surface area contributed by atoms with Crippen LogP contribution in [0.4, 0.5) is 0 Å². The van der Waals surface area contributed by atoms with E-state index in [4.69, 9.17) is 15.3 Å². The largest absolute Gasteiger partial charge is 0.378 e. The van der Waals surface area contributed by atoms with Gasteiger partial charge in [0.25, 0.3) is 0 Å². The Morgan fingerprint density at radius 3 is 2.85 bits per heavy atom. The molecule has 2 aliphatic heterocycles. The third-order valence-electron chi connectivity index (χ3n) is 4.68. The average Bonchev–Trinajstić information content (AvgIpc) is 2.93. The fourth-order valence-electron chi connectivity index (χ4n) is 3.50. The molecular weight excluding hydrogens is 252 g/mol. The second-order valence-corrected chi connectivity index (χ2v) is 6.05. The van der Waals surface area contributed by atoms with Crippen molar-refractivity contribution in [2.24, 2.45) is 11.8 Å². The van der Waals surface area contributed by atoms with Crippen LogP contribution >= 0.6 is 0 Å². The van der Waals surface area contributed by atoms with Crippen LogP contribution in [0.15, 0.2) is 30.3 Å². The molecule has 4 heteroatoms. The summed E-state index contributed by atoms with van der Waals surface area (Å²) < 4.78 is 11.5. The summed E-state index contributed by atoms with van der Waals surface area (Å²) in [5, 5.41) is 0. The number of hydrogen-bond donors (Lipinski definition) is 2. The highest BCUT2D eigenvalue weighted by Gasteiger charge is 2.42. The predicted octanol–water partition coefficient (Wildman–Crippen LogP) is 1.65. The van der Waals surface area contributed by atoms with E-state index in [1.807, 2.05) is 6.07 Å². The second kappa shape index (κ2) is 6.22. The van der Waals surface area contributed by atoms with Crippen molar-refractivity contribution >= 4 is 0 Å². The summed E-state index contributed by atoms with van der Waals surface area (Å²) in [6, 6.07) is 10.8. The summed E-state index contributed by atoms with van der Waals surface area (Å²) in [5.74, 6) is 6.37. The van der Waals surface area contributed by atoms with E-state index in [-0.39, 0.29) is 5.60 Å². The third-order valence-corrected chi connectivity index (χ3v) is 4.68. The molecule has 1 spiro atoms. The molecule has 1 aromatic carbocycles. The van der Waals surface area contributed by atoms with Crippen molar-refractivity contribution in [2.45, 2.75) is 37.3 Å². The monoisotopic (exact) mass is 276 g/mol. The van der Waals surface area contributed by atoms with Crippen molar-refractivity contribution in [3.63, 3.8) is 0 Å². The smallest absolute Gasteiger partial charge is 0.0939 e. The second-order valence-electron chi connectivity index (χ2n) is 6.05. The van der Waals surface area contributed by atoms with Gasteiger partial charge in [0.15, 0.2) is 0 Å². The maximum absolute atomic E-state index is 6.01. The number of nitrogens with two attached hydrogens (primary N) is 1. The van der Waals surface area contributed by atoms with Gasteiger partial charge in [0.2, 0.25) is 0 Å². The lowest BCUT2D eigenvalue weighted by atomic mass is 9.79. The first-order valence-corrected chi connectivity index (χ1v) is 7.53. The summed E-state index contributed by atoms with van der Waals surface area (Å²) in [6.45, 7) is 2.39. The zero-order chi connectivity index (χ0) is 13.8. The van der Waals surface area contributed by atoms with Gasteiger partial charge >= 0.3 is 0 Å². The Morgan fingerprint density at radius 1 is 1.30 bits per heavy atom. The molecule has 2 fully saturated rings. The first-order valence-electron chi connectivity index (χ1n) is 7.53. The fraction of sp³-hybridized carbons (Fsp3) is 0.625. The van der Waals surface area contributed by atoms with Gasteiger partial charge in [-0.05, 0) is 30.7 Å². The standard InChI is InChI=1S/C16H24N2O2/c17-18-15(10-13-4-2-1-3-5-13)14-6-8-20-16(11-14)7-9-19-12-16/h1-5,14-15,18H,6-12,17H2. The van der Waals surface area contributed by atoms with E-state index in [9.17, 15) is 0 Å². The summed E-state index contributed by atoms with van der Waals surface area (Å²) in [4.78, 5) is 0. The first-order chi connectivity index (χ1) is 9.81. The zero-order valence-corrected chi connectivity index (χ0v) is 11.9. The van der Waals surface area contributed by atoms with E-state index >= 15 is 0 Å². The zero-order valence-electron chi connectivity index (χ0n) is 11.9. The lowest BCUT2D eigenvalue weighted by molar-refractivity contribution is -0.103. The van der Waals surface area contributed by atoms with Crippen molar-refractivity contribution in [1.29, 1.82) is 0 Å². The lowest BCUT2D eigenvalue weighted by Gasteiger charge is -2.40. The molecule has 0 saturated carbocycles. The molecule has 1 aromatic rings. The summed E-state index contributed by atoms with van der Waals surface area (Å²) >= 11 is 0. The minimum Gasteiger partial charge on any atom is -0.378 e. The van der Waals surface area contributed by atoms with Gasteiger partial charge in [-0.3, -0.25) is 11.3 Å². The first kappa shape index (κ1) is 14.0. The van der Waals surface area contributed by atoms with Crippen LogP contribution in [-0.2, 0) is 15.9 Å². The van der Waals surface area contributed by atoms with Gasteiger partial charge in [0.05, 0.1) is 12.2 Å². The number of benzene rings is 1. The molecular formula is C16H24N2O2. The van der Waals surface area contributed by atoms with Gasteiger partial charge in [-0.25, -0.2) is 0 Å². The van der Waals surface area contributed by atoms with Crippen LogP contribution in [0, 0.1) is 5.92 Å². The SMILES string of the molecule is NNC(Cc1ccccc1)C1CCOC2(CCOC2)C1. The molecule has 0 radical (unpaired) electrons. The number of rotatable bonds is 4. The predicted molar refractivity (Wildman–Crippen MR) is 78.1 cm³/mol. The van der Waals surface area contributed by atoms with Crippen LogP contribution in [0.5, 0.6) is 0 Å². The van der Waals surface area contributed by atoms with E-state index in [2.05, 4.69) is 29.7 Å². The van der Waals surface area contributed by atoms with E-state index in [0.29, 0.717) is 12.0 Å². The highest BCUT2D eigenvalue weighted by molar-refractivity contribution is 5.16. The average molecular weight is 276 g/mol. The summed E-state index contributed by atoms with van der Waals surface area (Å²) in [5.41, 5.74) is 4.32. The van der Waals surface area contributed by atoms with Crippen LogP contribution in [0.3, 0.4) is 0 Å². The molecule has 110 valence electrons. The van der Waals surface area contributed by atoms with Crippen molar-refractivity contribution in [1.82, 2.24) is 5.43 Å². The number of nitrogens with one attached hydrogen (secondary N) is 1. The van der Waals surface area contributed by atoms with Crippen molar-refractivity contribution in [3.8, 4) is 0 Å². The lowest BCUT2D eigenvalue weighted by Crippen LogP contribution is -2.50. The van der Waals surface area contributed by atoms with Gasteiger partial charge in [-0.1, -0.05) is 30.3 Å². The molecule has 0 amide bonds.